The Bertz CT molecular complexity index is 172. The van der Waals surface area contributed by atoms with Crippen molar-refractivity contribution in [2.75, 3.05) is 33.4 Å². The van der Waals surface area contributed by atoms with Gasteiger partial charge in [0.2, 0.25) is 0 Å². The first-order chi connectivity index (χ1) is 6.27. The lowest BCUT2D eigenvalue weighted by molar-refractivity contribution is -0.124. The van der Waals surface area contributed by atoms with Crippen LogP contribution in [0.3, 0.4) is 0 Å². The molecule has 1 fully saturated rings. The van der Waals surface area contributed by atoms with Gasteiger partial charge in [-0.25, -0.2) is 0 Å². The van der Waals surface area contributed by atoms with Crippen LogP contribution in [0.4, 0.5) is 0 Å². The first-order valence-electron chi connectivity index (χ1n) is 4.63. The highest BCUT2D eigenvalue weighted by Gasteiger charge is 2.24. The van der Waals surface area contributed by atoms with Crippen molar-refractivity contribution in [2.24, 2.45) is 0 Å². The largest absolute Gasteiger partial charge is 0.395 e. The molecule has 1 aliphatic heterocycles. The summed E-state index contributed by atoms with van der Waals surface area (Å²) in [5, 5.41) is 9.00. The maximum Gasteiger partial charge on any atom is 0.172 e. The minimum atomic E-state index is 0.0860. The Labute approximate surface area is 78.5 Å². The van der Waals surface area contributed by atoms with Crippen molar-refractivity contribution in [1.29, 1.82) is 0 Å². The number of aliphatic hydroxyl groups is 1. The predicted octanol–water partition coefficient (Wildman–Crippen LogP) is -0.341. The number of methoxy groups -OCH3 is 1. The Kier molecular flexibility index (Phi) is 4.35. The SMILES string of the molecule is COCC(=O)CN1CCCC1CO. The van der Waals surface area contributed by atoms with E-state index in [1.807, 2.05) is 4.90 Å². The lowest BCUT2D eigenvalue weighted by atomic mass is 10.2. The predicted molar refractivity (Wildman–Crippen MR) is 48.6 cm³/mol. The molecule has 1 aliphatic rings. The molecule has 0 bridgehead atoms. The number of hydrogen-bond donors (Lipinski definition) is 1. The number of hydrogen-bond acceptors (Lipinski definition) is 4. The van der Waals surface area contributed by atoms with Gasteiger partial charge in [0, 0.05) is 13.2 Å². The number of Topliss-reactive ketones (excluding diaryl/α,β-unsaturated/α-hetero) is 1. The molecular formula is C9H17NO3. The number of rotatable bonds is 5. The average molecular weight is 187 g/mol. The minimum Gasteiger partial charge on any atom is -0.395 e. The van der Waals surface area contributed by atoms with E-state index in [0.717, 1.165) is 19.4 Å². The van der Waals surface area contributed by atoms with E-state index in [2.05, 4.69) is 0 Å². The summed E-state index contributed by atoms with van der Waals surface area (Å²) in [6.45, 7) is 1.66. The van der Waals surface area contributed by atoms with Crippen LogP contribution in [0, 0.1) is 0 Å². The van der Waals surface area contributed by atoms with Crippen molar-refractivity contribution in [3.8, 4) is 0 Å². The van der Waals surface area contributed by atoms with E-state index in [4.69, 9.17) is 9.84 Å². The molecular weight excluding hydrogens is 170 g/mol. The van der Waals surface area contributed by atoms with Gasteiger partial charge in [-0.2, -0.15) is 0 Å². The van der Waals surface area contributed by atoms with E-state index in [0.29, 0.717) is 6.54 Å². The molecule has 4 heteroatoms. The lowest BCUT2D eigenvalue weighted by Gasteiger charge is -2.21. The molecule has 0 spiro atoms. The number of ketones is 1. The third kappa shape index (κ3) is 3.06. The molecule has 1 atom stereocenters. The van der Waals surface area contributed by atoms with Crippen molar-refractivity contribution in [1.82, 2.24) is 4.90 Å². The molecule has 1 heterocycles. The van der Waals surface area contributed by atoms with Crippen LogP contribution in [0.5, 0.6) is 0 Å². The molecule has 0 aromatic rings. The van der Waals surface area contributed by atoms with Gasteiger partial charge in [-0.1, -0.05) is 0 Å². The van der Waals surface area contributed by atoms with Gasteiger partial charge in [-0.3, -0.25) is 9.69 Å². The first-order valence-corrected chi connectivity index (χ1v) is 4.63. The van der Waals surface area contributed by atoms with Crippen LogP contribution in [-0.2, 0) is 9.53 Å². The molecule has 1 rings (SSSR count). The fourth-order valence-corrected chi connectivity index (χ4v) is 1.74. The number of carbonyl (C=O) groups excluding carboxylic acids is 1. The highest BCUT2D eigenvalue weighted by Crippen LogP contribution is 2.15. The van der Waals surface area contributed by atoms with Gasteiger partial charge in [-0.05, 0) is 19.4 Å². The molecule has 76 valence electrons. The molecule has 1 saturated heterocycles. The summed E-state index contributed by atoms with van der Waals surface area (Å²) in [5.41, 5.74) is 0. The van der Waals surface area contributed by atoms with Crippen LogP contribution in [0.25, 0.3) is 0 Å². The lowest BCUT2D eigenvalue weighted by Crippen LogP contribution is -2.37. The monoisotopic (exact) mass is 187 g/mol. The first kappa shape index (κ1) is 10.6. The molecule has 0 aromatic heterocycles. The maximum atomic E-state index is 11.2. The van der Waals surface area contributed by atoms with E-state index in [-0.39, 0.29) is 25.0 Å². The number of likely N-dealkylation sites (tertiary alicyclic amines) is 1. The highest BCUT2D eigenvalue weighted by atomic mass is 16.5. The van der Waals surface area contributed by atoms with E-state index >= 15 is 0 Å². The number of nitrogens with zero attached hydrogens (tertiary/aromatic N) is 1. The third-order valence-electron chi connectivity index (χ3n) is 2.39. The molecule has 0 radical (unpaired) electrons. The van der Waals surface area contributed by atoms with Crippen molar-refractivity contribution in [3.05, 3.63) is 0 Å². The van der Waals surface area contributed by atoms with E-state index in [1.54, 1.807) is 0 Å². The number of aliphatic hydroxyl groups excluding tert-OH is 1. The van der Waals surface area contributed by atoms with Crippen LogP contribution >= 0.6 is 0 Å². The van der Waals surface area contributed by atoms with Gasteiger partial charge < -0.3 is 9.84 Å². The average Bonchev–Trinajstić information content (AvgIpc) is 2.52. The molecule has 0 saturated carbocycles. The van der Waals surface area contributed by atoms with Crippen LogP contribution < -0.4 is 0 Å². The second-order valence-corrected chi connectivity index (χ2v) is 3.42. The van der Waals surface area contributed by atoms with Crippen molar-refractivity contribution in [2.45, 2.75) is 18.9 Å². The molecule has 0 amide bonds. The summed E-state index contributed by atoms with van der Waals surface area (Å²) in [4.78, 5) is 13.2. The molecule has 13 heavy (non-hydrogen) atoms. The normalized spacial score (nSPS) is 23.7. The Morgan fingerprint density at radius 3 is 3.08 bits per heavy atom. The van der Waals surface area contributed by atoms with E-state index < -0.39 is 0 Å². The summed E-state index contributed by atoms with van der Waals surface area (Å²) in [6, 6.07) is 0.181. The third-order valence-corrected chi connectivity index (χ3v) is 2.39. The van der Waals surface area contributed by atoms with Crippen molar-refractivity contribution >= 4 is 5.78 Å². The summed E-state index contributed by atoms with van der Waals surface area (Å²) >= 11 is 0. The second-order valence-electron chi connectivity index (χ2n) is 3.42. The van der Waals surface area contributed by atoms with Crippen LogP contribution in [0.2, 0.25) is 0 Å². The highest BCUT2D eigenvalue weighted by molar-refractivity contribution is 5.81. The number of carbonyl (C=O) groups is 1. The summed E-state index contributed by atoms with van der Waals surface area (Å²) in [5.74, 6) is 0.0860. The molecule has 0 aliphatic carbocycles. The molecule has 1 N–H and O–H groups in total. The topological polar surface area (TPSA) is 49.8 Å². The van der Waals surface area contributed by atoms with Gasteiger partial charge in [0.25, 0.3) is 0 Å². The van der Waals surface area contributed by atoms with E-state index in [1.165, 1.54) is 7.11 Å². The zero-order chi connectivity index (χ0) is 9.68. The van der Waals surface area contributed by atoms with Gasteiger partial charge in [0.05, 0.1) is 13.2 Å². The zero-order valence-electron chi connectivity index (χ0n) is 8.03. The quantitative estimate of drug-likeness (QED) is 0.639. The van der Waals surface area contributed by atoms with Gasteiger partial charge in [0.15, 0.2) is 5.78 Å². The summed E-state index contributed by atoms with van der Waals surface area (Å²) in [6.07, 6.45) is 2.07. The van der Waals surface area contributed by atoms with Crippen LogP contribution in [0.15, 0.2) is 0 Å². The number of ether oxygens (including phenoxy) is 1. The van der Waals surface area contributed by atoms with Crippen molar-refractivity contribution in [3.63, 3.8) is 0 Å². The molecule has 0 aromatic carbocycles. The minimum absolute atomic E-state index is 0.0860. The Morgan fingerprint density at radius 1 is 1.69 bits per heavy atom. The molecule has 4 nitrogen and oxygen atoms in total. The smallest absolute Gasteiger partial charge is 0.172 e. The fourth-order valence-electron chi connectivity index (χ4n) is 1.74. The van der Waals surface area contributed by atoms with Gasteiger partial charge >= 0.3 is 0 Å². The summed E-state index contributed by atoms with van der Waals surface area (Å²) in [7, 11) is 1.52. The van der Waals surface area contributed by atoms with Crippen LogP contribution in [0.1, 0.15) is 12.8 Å². The van der Waals surface area contributed by atoms with Gasteiger partial charge in [0.1, 0.15) is 6.61 Å². The van der Waals surface area contributed by atoms with Crippen LogP contribution in [-0.4, -0.2) is 55.2 Å². The summed E-state index contributed by atoms with van der Waals surface area (Å²) < 4.78 is 4.74. The standard InChI is InChI=1S/C9H17NO3/c1-13-7-9(12)5-10-4-2-3-8(10)6-11/h8,11H,2-7H2,1H3. The van der Waals surface area contributed by atoms with E-state index in [9.17, 15) is 4.79 Å². The van der Waals surface area contributed by atoms with Crippen molar-refractivity contribution < 1.29 is 14.6 Å². The molecule has 1 unspecified atom stereocenters. The Balaban J connectivity index is 2.30. The second kappa shape index (κ2) is 5.32. The Morgan fingerprint density at radius 2 is 2.46 bits per heavy atom. The zero-order valence-corrected chi connectivity index (χ0v) is 8.03. The Hall–Kier alpha value is -0.450. The fraction of sp³-hybridized carbons (Fsp3) is 0.889. The van der Waals surface area contributed by atoms with Gasteiger partial charge in [-0.15, -0.1) is 0 Å². The maximum absolute atomic E-state index is 11.2.